The number of rotatable bonds is 6. The zero-order valence-electron chi connectivity index (χ0n) is 17.5. The zero-order valence-corrected chi connectivity index (χ0v) is 17.5. The number of nitrogens with one attached hydrogen (secondary N) is 3. The summed E-state index contributed by atoms with van der Waals surface area (Å²) in [7, 11) is 0. The first kappa shape index (κ1) is 20.4. The van der Waals surface area contributed by atoms with E-state index in [4.69, 9.17) is 4.99 Å². The van der Waals surface area contributed by atoms with E-state index in [0.717, 1.165) is 18.9 Å². The lowest BCUT2D eigenvalue weighted by molar-refractivity contribution is 0.528. The first-order valence-corrected chi connectivity index (χ1v) is 10.5. The van der Waals surface area contributed by atoms with Crippen LogP contribution in [0.1, 0.15) is 51.2 Å². The smallest absolute Gasteiger partial charge is 0.191 e. The highest BCUT2D eigenvalue weighted by molar-refractivity contribution is 5.80. The summed E-state index contributed by atoms with van der Waals surface area (Å²) in [5.41, 5.74) is 2.73. The summed E-state index contributed by atoms with van der Waals surface area (Å²) < 4.78 is 0. The summed E-state index contributed by atoms with van der Waals surface area (Å²) in [6.45, 7) is 9.46. The standard InChI is InChI=1S/C24H34N4/c1-17(2)26-24(27-18(3)4)28-21-15-22(25-16-21)23(19-11-7-5-8-12-19)20-13-9-6-10-14-20/h5-14,17-18,21-23,25H,15-16H2,1-4H3,(H2,26,27,28)/t21-,22-/m1/s1. The Morgan fingerprint density at radius 1 is 0.929 bits per heavy atom. The second-order valence-corrected chi connectivity index (χ2v) is 8.26. The van der Waals surface area contributed by atoms with Crippen LogP contribution in [0.4, 0.5) is 0 Å². The van der Waals surface area contributed by atoms with Crippen LogP contribution in [0, 0.1) is 0 Å². The highest BCUT2D eigenvalue weighted by Crippen LogP contribution is 2.32. The molecule has 150 valence electrons. The molecule has 2 atom stereocenters. The molecule has 4 nitrogen and oxygen atoms in total. The van der Waals surface area contributed by atoms with Gasteiger partial charge in [0.1, 0.15) is 0 Å². The Labute approximate surface area is 169 Å². The average molecular weight is 379 g/mol. The lowest BCUT2D eigenvalue weighted by atomic mass is 9.84. The van der Waals surface area contributed by atoms with Crippen molar-refractivity contribution in [3.63, 3.8) is 0 Å². The van der Waals surface area contributed by atoms with E-state index in [1.807, 2.05) is 0 Å². The molecule has 4 heteroatoms. The normalized spacial score (nSPS) is 20.2. The molecule has 1 aliphatic rings. The summed E-state index contributed by atoms with van der Waals surface area (Å²) in [6.07, 6.45) is 1.06. The largest absolute Gasteiger partial charge is 0.354 e. The monoisotopic (exact) mass is 378 g/mol. The van der Waals surface area contributed by atoms with E-state index in [1.54, 1.807) is 0 Å². The van der Waals surface area contributed by atoms with Crippen LogP contribution >= 0.6 is 0 Å². The summed E-state index contributed by atoms with van der Waals surface area (Å²) >= 11 is 0. The average Bonchev–Trinajstić information content (AvgIpc) is 3.10. The van der Waals surface area contributed by atoms with Crippen molar-refractivity contribution < 1.29 is 0 Å². The quantitative estimate of drug-likeness (QED) is 0.528. The third-order valence-corrected chi connectivity index (χ3v) is 5.04. The lowest BCUT2D eigenvalue weighted by Gasteiger charge is -2.25. The van der Waals surface area contributed by atoms with Crippen LogP contribution in [0.2, 0.25) is 0 Å². The molecule has 0 aromatic heterocycles. The van der Waals surface area contributed by atoms with Crippen LogP contribution in [-0.2, 0) is 0 Å². The van der Waals surface area contributed by atoms with Gasteiger partial charge < -0.3 is 16.0 Å². The molecule has 28 heavy (non-hydrogen) atoms. The third-order valence-electron chi connectivity index (χ3n) is 5.04. The van der Waals surface area contributed by atoms with Crippen LogP contribution in [0.25, 0.3) is 0 Å². The minimum absolute atomic E-state index is 0.264. The molecule has 0 amide bonds. The van der Waals surface area contributed by atoms with Gasteiger partial charge in [-0.15, -0.1) is 0 Å². The van der Waals surface area contributed by atoms with Gasteiger partial charge in [-0.05, 0) is 45.2 Å². The maximum Gasteiger partial charge on any atom is 0.191 e. The minimum atomic E-state index is 0.264. The molecule has 0 bridgehead atoms. The topological polar surface area (TPSA) is 48.5 Å². The maximum absolute atomic E-state index is 4.73. The molecule has 1 fully saturated rings. The molecular formula is C24H34N4. The van der Waals surface area contributed by atoms with Gasteiger partial charge >= 0.3 is 0 Å². The van der Waals surface area contributed by atoms with Crippen molar-refractivity contribution in [3.8, 4) is 0 Å². The van der Waals surface area contributed by atoms with E-state index in [2.05, 4.69) is 104 Å². The van der Waals surface area contributed by atoms with Gasteiger partial charge in [0.15, 0.2) is 5.96 Å². The van der Waals surface area contributed by atoms with Gasteiger partial charge in [0.25, 0.3) is 0 Å². The molecule has 0 saturated carbocycles. The third kappa shape index (κ3) is 5.59. The Kier molecular flexibility index (Phi) is 7.10. The lowest BCUT2D eigenvalue weighted by Crippen LogP contribution is -2.47. The van der Waals surface area contributed by atoms with Crippen molar-refractivity contribution in [2.75, 3.05) is 6.54 Å². The minimum Gasteiger partial charge on any atom is -0.354 e. The Morgan fingerprint density at radius 2 is 1.50 bits per heavy atom. The molecule has 3 N–H and O–H groups in total. The molecule has 2 aromatic carbocycles. The Hall–Kier alpha value is -2.33. The van der Waals surface area contributed by atoms with Crippen LogP contribution < -0.4 is 16.0 Å². The van der Waals surface area contributed by atoms with E-state index in [9.17, 15) is 0 Å². The molecule has 1 heterocycles. The summed E-state index contributed by atoms with van der Waals surface area (Å²) in [5, 5.41) is 10.9. The van der Waals surface area contributed by atoms with Gasteiger partial charge in [0, 0.05) is 36.6 Å². The number of guanidine groups is 1. The Balaban J connectivity index is 1.76. The molecule has 0 radical (unpaired) electrons. The predicted octanol–water partition coefficient (Wildman–Crippen LogP) is 3.90. The fraction of sp³-hybridized carbons (Fsp3) is 0.458. The highest BCUT2D eigenvalue weighted by Gasteiger charge is 2.32. The summed E-state index contributed by atoms with van der Waals surface area (Å²) in [6, 6.07) is 23.1. The Bertz CT molecular complexity index is 700. The second kappa shape index (κ2) is 9.74. The number of aliphatic imine (C=N–C) groups is 1. The van der Waals surface area contributed by atoms with Gasteiger partial charge in [-0.25, -0.2) is 0 Å². The van der Waals surface area contributed by atoms with Gasteiger partial charge in [0.2, 0.25) is 0 Å². The molecule has 0 spiro atoms. The van der Waals surface area contributed by atoms with Crippen molar-refractivity contribution in [1.82, 2.24) is 16.0 Å². The fourth-order valence-corrected chi connectivity index (χ4v) is 3.95. The van der Waals surface area contributed by atoms with E-state index in [-0.39, 0.29) is 6.04 Å². The van der Waals surface area contributed by atoms with Gasteiger partial charge in [-0.3, -0.25) is 4.99 Å². The molecule has 2 aromatic rings. The predicted molar refractivity (Wildman–Crippen MR) is 119 cm³/mol. The number of hydrogen-bond acceptors (Lipinski definition) is 2. The van der Waals surface area contributed by atoms with Crippen molar-refractivity contribution in [2.24, 2.45) is 4.99 Å². The molecule has 3 rings (SSSR count). The maximum atomic E-state index is 4.73. The summed E-state index contributed by atoms with van der Waals surface area (Å²) in [5.74, 6) is 1.26. The van der Waals surface area contributed by atoms with E-state index < -0.39 is 0 Å². The fourth-order valence-electron chi connectivity index (χ4n) is 3.95. The highest BCUT2D eigenvalue weighted by atomic mass is 15.2. The van der Waals surface area contributed by atoms with Crippen LogP contribution in [-0.4, -0.2) is 36.7 Å². The molecule has 0 unspecified atom stereocenters. The van der Waals surface area contributed by atoms with Crippen LogP contribution in [0.3, 0.4) is 0 Å². The number of benzene rings is 2. The zero-order chi connectivity index (χ0) is 19.9. The number of hydrogen-bond donors (Lipinski definition) is 3. The molecule has 1 saturated heterocycles. The van der Waals surface area contributed by atoms with Crippen molar-refractivity contribution in [2.45, 2.75) is 64.2 Å². The molecule has 0 aliphatic carbocycles. The van der Waals surface area contributed by atoms with E-state index in [0.29, 0.717) is 24.0 Å². The number of nitrogens with zero attached hydrogens (tertiary/aromatic N) is 1. The van der Waals surface area contributed by atoms with Crippen molar-refractivity contribution >= 4 is 5.96 Å². The van der Waals surface area contributed by atoms with Gasteiger partial charge in [-0.1, -0.05) is 60.7 Å². The Morgan fingerprint density at radius 3 is 2.00 bits per heavy atom. The van der Waals surface area contributed by atoms with E-state index >= 15 is 0 Å². The van der Waals surface area contributed by atoms with Crippen molar-refractivity contribution in [1.29, 1.82) is 0 Å². The van der Waals surface area contributed by atoms with Crippen molar-refractivity contribution in [3.05, 3.63) is 71.8 Å². The van der Waals surface area contributed by atoms with Crippen LogP contribution in [0.15, 0.2) is 65.7 Å². The second-order valence-electron chi connectivity index (χ2n) is 8.26. The SMILES string of the molecule is CC(C)/N=C(\NC(C)C)N[C@H]1CN[C@@H](C(c2ccccc2)c2ccccc2)C1. The molecular weight excluding hydrogens is 344 g/mol. The first-order chi connectivity index (χ1) is 13.5. The van der Waals surface area contributed by atoms with Gasteiger partial charge in [-0.2, -0.15) is 0 Å². The molecule has 1 aliphatic heterocycles. The first-order valence-electron chi connectivity index (χ1n) is 10.5. The van der Waals surface area contributed by atoms with E-state index in [1.165, 1.54) is 11.1 Å². The summed E-state index contributed by atoms with van der Waals surface area (Å²) in [4.78, 5) is 4.73. The van der Waals surface area contributed by atoms with Gasteiger partial charge in [0.05, 0.1) is 0 Å². The van der Waals surface area contributed by atoms with Crippen LogP contribution in [0.5, 0.6) is 0 Å².